The van der Waals surface area contributed by atoms with E-state index in [1.165, 1.54) is 6.92 Å². The first-order valence-electron chi connectivity index (χ1n) is 2.97. The smallest absolute Gasteiger partial charge is 0.249 e. The van der Waals surface area contributed by atoms with Gasteiger partial charge in [-0.1, -0.05) is 0 Å². The van der Waals surface area contributed by atoms with Crippen molar-refractivity contribution in [1.29, 1.82) is 0 Å². The molecule has 0 aliphatic carbocycles. The summed E-state index contributed by atoms with van der Waals surface area (Å²) in [7, 11) is -3.29. The monoisotopic (exact) mass is 177 g/mol. The highest BCUT2D eigenvalue weighted by Crippen LogP contribution is 2.18. The number of sulfone groups is 1. The summed E-state index contributed by atoms with van der Waals surface area (Å²) in [4.78, 5) is 9.63. The fourth-order valence-electron chi connectivity index (χ4n) is 0.988. The minimum atomic E-state index is -3.29. The second-order valence-corrected chi connectivity index (χ2v) is 4.39. The summed E-state index contributed by atoms with van der Waals surface area (Å²) in [6.45, 7) is 1.46. The molecule has 0 bridgehead atoms. The van der Waals surface area contributed by atoms with Gasteiger partial charge in [-0.25, -0.2) is 8.42 Å². The van der Waals surface area contributed by atoms with Gasteiger partial charge < -0.3 is 0 Å². The van der Waals surface area contributed by atoms with Crippen LogP contribution in [0.5, 0.6) is 0 Å². The molecule has 5 nitrogen and oxygen atoms in total. The summed E-state index contributed by atoms with van der Waals surface area (Å²) in [6.07, 6.45) is 0. The quantitative estimate of drug-likeness (QED) is 0.416. The predicted molar refractivity (Wildman–Crippen MR) is 38.3 cm³/mol. The first kappa shape index (κ1) is 8.19. The Balaban J connectivity index is 2.98. The molecule has 0 aromatic rings. The standard InChI is InChI=1S/C5H7NO4S/c1-4-2-11(9,10)3-5(4)6(7)8/h2,5H,3H2,1H3. The van der Waals surface area contributed by atoms with Crippen molar-refractivity contribution < 1.29 is 13.3 Å². The molecule has 1 unspecified atom stereocenters. The van der Waals surface area contributed by atoms with Gasteiger partial charge in [-0.15, -0.1) is 0 Å². The van der Waals surface area contributed by atoms with E-state index in [9.17, 15) is 18.5 Å². The number of nitrogens with zero attached hydrogens (tertiary/aromatic N) is 1. The molecular weight excluding hydrogens is 170 g/mol. The van der Waals surface area contributed by atoms with Crippen LogP contribution in [0.15, 0.2) is 11.0 Å². The summed E-state index contributed by atoms with van der Waals surface area (Å²) in [6, 6.07) is -1.03. The van der Waals surface area contributed by atoms with Crippen molar-refractivity contribution in [1.82, 2.24) is 0 Å². The minimum absolute atomic E-state index is 0.315. The van der Waals surface area contributed by atoms with E-state index < -0.39 is 20.8 Å². The van der Waals surface area contributed by atoms with Gasteiger partial charge in [0, 0.05) is 15.9 Å². The molecule has 0 aromatic carbocycles. The Hall–Kier alpha value is -0.910. The van der Waals surface area contributed by atoms with E-state index in [1.54, 1.807) is 0 Å². The molecule has 0 fully saturated rings. The molecule has 0 aromatic heterocycles. The highest BCUT2D eigenvalue weighted by molar-refractivity contribution is 7.94. The van der Waals surface area contributed by atoms with Gasteiger partial charge in [0.05, 0.1) is 0 Å². The van der Waals surface area contributed by atoms with E-state index >= 15 is 0 Å². The predicted octanol–water partition coefficient (Wildman–Crippen LogP) is -0.0361. The molecule has 1 heterocycles. The van der Waals surface area contributed by atoms with Crippen LogP contribution in [-0.4, -0.2) is 25.1 Å². The van der Waals surface area contributed by atoms with Crippen LogP contribution < -0.4 is 0 Å². The van der Waals surface area contributed by atoms with Crippen molar-refractivity contribution in [3.05, 3.63) is 21.1 Å². The molecule has 0 amide bonds. The zero-order chi connectivity index (χ0) is 8.65. The summed E-state index contributed by atoms with van der Waals surface area (Å²) >= 11 is 0. The minimum Gasteiger partial charge on any atom is -0.264 e. The maximum absolute atomic E-state index is 10.8. The Bertz CT molecular complexity index is 315. The van der Waals surface area contributed by atoms with Gasteiger partial charge in [0.25, 0.3) is 0 Å². The molecule has 11 heavy (non-hydrogen) atoms. The number of hydrogen-bond acceptors (Lipinski definition) is 4. The summed E-state index contributed by atoms with van der Waals surface area (Å²) < 4.78 is 21.6. The van der Waals surface area contributed by atoms with Crippen LogP contribution in [0, 0.1) is 10.1 Å². The molecule has 0 N–H and O–H groups in total. The fourth-order valence-corrected chi connectivity index (χ4v) is 2.63. The van der Waals surface area contributed by atoms with Crippen molar-refractivity contribution in [2.45, 2.75) is 13.0 Å². The molecule has 0 radical (unpaired) electrons. The number of rotatable bonds is 1. The van der Waals surface area contributed by atoms with Gasteiger partial charge in [0.2, 0.25) is 6.04 Å². The molecule has 6 heteroatoms. The summed E-state index contributed by atoms with van der Waals surface area (Å²) in [5, 5.41) is 11.2. The lowest BCUT2D eigenvalue weighted by Gasteiger charge is -1.98. The number of hydrogen-bond donors (Lipinski definition) is 0. The van der Waals surface area contributed by atoms with Gasteiger partial charge in [0.15, 0.2) is 9.84 Å². The topological polar surface area (TPSA) is 77.3 Å². The Morgan fingerprint density at radius 3 is 2.45 bits per heavy atom. The fraction of sp³-hybridized carbons (Fsp3) is 0.600. The molecular formula is C5H7NO4S. The SMILES string of the molecule is CC1=CS(=O)(=O)CC1[N+](=O)[O-]. The Morgan fingerprint density at radius 1 is 1.73 bits per heavy atom. The van der Waals surface area contributed by atoms with E-state index in [-0.39, 0.29) is 5.75 Å². The zero-order valence-electron chi connectivity index (χ0n) is 5.85. The zero-order valence-corrected chi connectivity index (χ0v) is 6.67. The summed E-state index contributed by atoms with van der Waals surface area (Å²) in [5.74, 6) is -0.383. The normalized spacial score (nSPS) is 28.1. The first-order chi connectivity index (χ1) is 4.92. The molecule has 1 aliphatic rings. The molecule has 0 saturated heterocycles. The third-order valence-corrected chi connectivity index (χ3v) is 3.05. The number of nitro groups is 1. The second-order valence-electron chi connectivity index (χ2n) is 2.49. The third-order valence-electron chi connectivity index (χ3n) is 1.54. The van der Waals surface area contributed by atoms with Crippen molar-refractivity contribution >= 4 is 9.84 Å². The van der Waals surface area contributed by atoms with Crippen LogP contribution in [0.25, 0.3) is 0 Å². The Morgan fingerprint density at radius 2 is 2.27 bits per heavy atom. The van der Waals surface area contributed by atoms with Crippen LogP contribution in [0.4, 0.5) is 0 Å². The lowest BCUT2D eigenvalue weighted by molar-refractivity contribution is -0.505. The molecule has 62 valence electrons. The van der Waals surface area contributed by atoms with E-state index in [0.717, 1.165) is 5.41 Å². The maximum Gasteiger partial charge on any atom is 0.249 e. The van der Waals surface area contributed by atoms with Crippen molar-refractivity contribution in [3.63, 3.8) is 0 Å². The molecule has 0 saturated carbocycles. The van der Waals surface area contributed by atoms with Crippen LogP contribution >= 0.6 is 0 Å². The summed E-state index contributed by atoms with van der Waals surface area (Å²) in [5.41, 5.74) is 0.315. The Kier molecular flexibility index (Phi) is 1.71. The first-order valence-corrected chi connectivity index (χ1v) is 4.68. The highest BCUT2D eigenvalue weighted by Gasteiger charge is 2.35. The van der Waals surface area contributed by atoms with Gasteiger partial charge in [0.1, 0.15) is 5.75 Å². The van der Waals surface area contributed by atoms with E-state index in [4.69, 9.17) is 0 Å². The molecule has 1 rings (SSSR count). The Labute approximate surface area is 63.8 Å². The third kappa shape index (κ3) is 1.56. The largest absolute Gasteiger partial charge is 0.264 e. The highest BCUT2D eigenvalue weighted by atomic mass is 32.2. The van der Waals surface area contributed by atoms with E-state index in [1.807, 2.05) is 0 Å². The van der Waals surface area contributed by atoms with E-state index in [0.29, 0.717) is 5.57 Å². The van der Waals surface area contributed by atoms with Crippen LogP contribution in [-0.2, 0) is 9.84 Å². The van der Waals surface area contributed by atoms with Crippen LogP contribution in [0.2, 0.25) is 0 Å². The van der Waals surface area contributed by atoms with Crippen molar-refractivity contribution in [3.8, 4) is 0 Å². The van der Waals surface area contributed by atoms with Crippen molar-refractivity contribution in [2.24, 2.45) is 0 Å². The average molecular weight is 177 g/mol. The lowest BCUT2D eigenvalue weighted by atomic mass is 10.2. The average Bonchev–Trinajstić information content (AvgIpc) is 2.05. The van der Waals surface area contributed by atoms with Crippen LogP contribution in [0.1, 0.15) is 6.92 Å². The molecule has 0 spiro atoms. The molecule has 1 atom stereocenters. The lowest BCUT2D eigenvalue weighted by Crippen LogP contribution is -2.23. The van der Waals surface area contributed by atoms with Gasteiger partial charge >= 0.3 is 0 Å². The van der Waals surface area contributed by atoms with Gasteiger partial charge in [-0.05, 0) is 6.92 Å². The maximum atomic E-state index is 10.8. The van der Waals surface area contributed by atoms with Gasteiger partial charge in [-0.3, -0.25) is 10.1 Å². The second kappa shape index (κ2) is 2.30. The van der Waals surface area contributed by atoms with Crippen molar-refractivity contribution in [2.75, 3.05) is 5.75 Å². The van der Waals surface area contributed by atoms with E-state index in [2.05, 4.69) is 0 Å². The van der Waals surface area contributed by atoms with Crippen LogP contribution in [0.3, 0.4) is 0 Å². The molecule has 1 aliphatic heterocycles. The van der Waals surface area contributed by atoms with Gasteiger partial charge in [-0.2, -0.15) is 0 Å².